The van der Waals surface area contributed by atoms with Crippen LogP contribution >= 0.6 is 0 Å². The van der Waals surface area contributed by atoms with Crippen molar-refractivity contribution in [2.24, 2.45) is 11.3 Å². The third-order valence-corrected chi connectivity index (χ3v) is 4.87. The second kappa shape index (κ2) is 5.88. The van der Waals surface area contributed by atoms with Gasteiger partial charge in [-0.05, 0) is 42.7 Å². The third kappa shape index (κ3) is 3.52. The molecule has 1 aliphatic heterocycles. The molecule has 0 spiro atoms. The molecule has 1 fully saturated rings. The van der Waals surface area contributed by atoms with Crippen LogP contribution in [-0.4, -0.2) is 25.3 Å². The summed E-state index contributed by atoms with van der Waals surface area (Å²) >= 11 is 0. The summed E-state index contributed by atoms with van der Waals surface area (Å²) in [4.78, 5) is 0. The fourth-order valence-electron chi connectivity index (χ4n) is 3.70. The second-order valence-corrected chi connectivity index (χ2v) is 7.40. The maximum atomic E-state index is 6.01. The minimum absolute atomic E-state index is 0.113. The first-order valence-corrected chi connectivity index (χ1v) is 8.15. The van der Waals surface area contributed by atoms with Gasteiger partial charge in [0.05, 0.1) is 0 Å². The van der Waals surface area contributed by atoms with Gasteiger partial charge in [-0.15, -0.1) is 0 Å². The molecule has 2 aliphatic rings. The van der Waals surface area contributed by atoms with Crippen LogP contribution in [0.2, 0.25) is 0 Å². The summed E-state index contributed by atoms with van der Waals surface area (Å²) in [5, 5.41) is 3.70. The Morgan fingerprint density at radius 1 is 1.24 bits per heavy atom. The van der Waals surface area contributed by atoms with E-state index < -0.39 is 0 Å². The Labute approximate surface area is 128 Å². The molecule has 1 aromatic rings. The highest BCUT2D eigenvalue weighted by Crippen LogP contribution is 2.38. The molecule has 1 saturated carbocycles. The number of benzene rings is 1. The predicted octanol–water partition coefficient (Wildman–Crippen LogP) is 3.63. The van der Waals surface area contributed by atoms with Gasteiger partial charge >= 0.3 is 0 Å². The molecule has 21 heavy (non-hydrogen) atoms. The van der Waals surface area contributed by atoms with Gasteiger partial charge in [-0.2, -0.15) is 0 Å². The zero-order valence-electron chi connectivity index (χ0n) is 13.4. The van der Waals surface area contributed by atoms with Crippen molar-refractivity contribution in [3.63, 3.8) is 0 Å². The number of hydrogen-bond acceptors (Lipinski definition) is 3. The third-order valence-electron chi connectivity index (χ3n) is 4.87. The number of hydrogen-bond donors (Lipinski definition) is 1. The first-order valence-electron chi connectivity index (χ1n) is 8.15. The van der Waals surface area contributed by atoms with Crippen LogP contribution in [-0.2, 0) is 0 Å². The van der Waals surface area contributed by atoms with E-state index in [0.29, 0.717) is 18.1 Å². The molecule has 0 aromatic heterocycles. The lowest BCUT2D eigenvalue weighted by Gasteiger charge is -2.40. The molecular weight excluding hydrogens is 262 g/mol. The van der Waals surface area contributed by atoms with Crippen LogP contribution in [0.3, 0.4) is 0 Å². The SMILES string of the molecule is CC1CC(C)(C)CCC1NCC1COc2ccccc2O1. The minimum Gasteiger partial charge on any atom is -0.486 e. The molecule has 1 aliphatic carbocycles. The summed E-state index contributed by atoms with van der Waals surface area (Å²) in [6.45, 7) is 8.63. The zero-order chi connectivity index (χ0) is 14.9. The molecule has 3 nitrogen and oxygen atoms in total. The second-order valence-electron chi connectivity index (χ2n) is 7.40. The average Bonchev–Trinajstić information content (AvgIpc) is 2.45. The minimum atomic E-state index is 0.113. The zero-order valence-corrected chi connectivity index (χ0v) is 13.4. The lowest BCUT2D eigenvalue weighted by molar-refractivity contribution is 0.0782. The van der Waals surface area contributed by atoms with Gasteiger partial charge in [-0.25, -0.2) is 0 Å². The fraction of sp³-hybridized carbons (Fsp3) is 0.667. The first kappa shape index (κ1) is 14.7. The van der Waals surface area contributed by atoms with E-state index in [-0.39, 0.29) is 6.10 Å². The van der Waals surface area contributed by atoms with Gasteiger partial charge < -0.3 is 14.8 Å². The van der Waals surface area contributed by atoms with Gasteiger partial charge in [0.25, 0.3) is 0 Å². The van der Waals surface area contributed by atoms with Crippen LogP contribution in [0, 0.1) is 11.3 Å². The highest BCUT2D eigenvalue weighted by Gasteiger charge is 2.32. The molecular formula is C18H27NO2. The Hall–Kier alpha value is -1.22. The first-order chi connectivity index (χ1) is 10.0. The molecule has 3 heteroatoms. The van der Waals surface area contributed by atoms with Crippen LogP contribution in [0.4, 0.5) is 0 Å². The van der Waals surface area contributed by atoms with Crippen LogP contribution in [0.15, 0.2) is 24.3 Å². The summed E-state index contributed by atoms with van der Waals surface area (Å²) in [6, 6.07) is 8.52. The van der Waals surface area contributed by atoms with E-state index in [1.807, 2.05) is 24.3 Å². The molecule has 0 saturated heterocycles. The molecule has 3 rings (SSSR count). The van der Waals surface area contributed by atoms with E-state index in [0.717, 1.165) is 24.0 Å². The quantitative estimate of drug-likeness (QED) is 0.921. The van der Waals surface area contributed by atoms with Crippen molar-refractivity contribution in [3.05, 3.63) is 24.3 Å². The largest absolute Gasteiger partial charge is 0.486 e. The maximum absolute atomic E-state index is 6.01. The van der Waals surface area contributed by atoms with Gasteiger partial charge in [-0.1, -0.05) is 32.9 Å². The van der Waals surface area contributed by atoms with Crippen molar-refractivity contribution >= 4 is 0 Å². The summed E-state index contributed by atoms with van der Waals surface area (Å²) in [5.41, 5.74) is 0.501. The molecule has 1 aromatic carbocycles. The summed E-state index contributed by atoms with van der Waals surface area (Å²) in [7, 11) is 0. The van der Waals surface area contributed by atoms with Gasteiger partial charge in [0.15, 0.2) is 11.5 Å². The normalized spacial score (nSPS) is 30.9. The Morgan fingerprint density at radius 2 is 2.00 bits per heavy atom. The highest BCUT2D eigenvalue weighted by atomic mass is 16.6. The van der Waals surface area contributed by atoms with E-state index >= 15 is 0 Å². The van der Waals surface area contributed by atoms with E-state index in [4.69, 9.17) is 9.47 Å². The molecule has 0 radical (unpaired) electrons. The van der Waals surface area contributed by atoms with Crippen molar-refractivity contribution in [1.82, 2.24) is 5.32 Å². The highest BCUT2D eigenvalue weighted by molar-refractivity contribution is 5.40. The van der Waals surface area contributed by atoms with Crippen molar-refractivity contribution in [2.45, 2.75) is 52.2 Å². The van der Waals surface area contributed by atoms with Crippen molar-refractivity contribution in [1.29, 1.82) is 0 Å². The number of para-hydroxylation sites is 2. The molecule has 1 heterocycles. The molecule has 0 amide bonds. The Kier molecular flexibility index (Phi) is 4.12. The Bertz CT molecular complexity index is 486. The molecule has 3 atom stereocenters. The number of rotatable bonds is 3. The van der Waals surface area contributed by atoms with Crippen molar-refractivity contribution < 1.29 is 9.47 Å². The smallest absolute Gasteiger partial charge is 0.161 e. The predicted molar refractivity (Wildman–Crippen MR) is 84.9 cm³/mol. The van der Waals surface area contributed by atoms with Crippen LogP contribution in [0.1, 0.15) is 40.0 Å². The van der Waals surface area contributed by atoms with Crippen LogP contribution in [0.25, 0.3) is 0 Å². The summed E-state index contributed by atoms with van der Waals surface area (Å²) in [5.74, 6) is 2.46. The van der Waals surface area contributed by atoms with Gasteiger partial charge in [-0.3, -0.25) is 0 Å². The molecule has 1 N–H and O–H groups in total. The number of fused-ring (bicyclic) bond motifs is 1. The number of ether oxygens (including phenoxy) is 2. The number of nitrogens with one attached hydrogen (secondary N) is 1. The van der Waals surface area contributed by atoms with Crippen molar-refractivity contribution in [3.8, 4) is 11.5 Å². The molecule has 3 unspecified atom stereocenters. The average molecular weight is 289 g/mol. The standard InChI is InChI=1S/C18H27NO2/c1-13-10-18(2,3)9-8-15(13)19-11-14-12-20-16-6-4-5-7-17(16)21-14/h4-7,13-15,19H,8-12H2,1-3H3. The van der Waals surface area contributed by atoms with E-state index in [1.165, 1.54) is 19.3 Å². The van der Waals surface area contributed by atoms with E-state index in [9.17, 15) is 0 Å². The van der Waals surface area contributed by atoms with Gasteiger partial charge in [0.1, 0.15) is 12.7 Å². The van der Waals surface area contributed by atoms with Crippen molar-refractivity contribution in [2.75, 3.05) is 13.2 Å². The van der Waals surface area contributed by atoms with Gasteiger partial charge in [0.2, 0.25) is 0 Å². The summed E-state index contributed by atoms with van der Waals surface area (Å²) in [6.07, 6.45) is 3.98. The molecule has 0 bridgehead atoms. The Morgan fingerprint density at radius 3 is 2.76 bits per heavy atom. The molecule has 116 valence electrons. The van der Waals surface area contributed by atoms with Crippen LogP contribution < -0.4 is 14.8 Å². The van der Waals surface area contributed by atoms with Crippen LogP contribution in [0.5, 0.6) is 11.5 Å². The topological polar surface area (TPSA) is 30.5 Å². The van der Waals surface area contributed by atoms with E-state index in [2.05, 4.69) is 26.1 Å². The maximum Gasteiger partial charge on any atom is 0.161 e. The van der Waals surface area contributed by atoms with E-state index in [1.54, 1.807) is 0 Å². The lowest BCUT2D eigenvalue weighted by atomic mass is 9.70. The lowest BCUT2D eigenvalue weighted by Crippen LogP contribution is -2.47. The van der Waals surface area contributed by atoms with Gasteiger partial charge in [0, 0.05) is 12.6 Å². The fourth-order valence-corrected chi connectivity index (χ4v) is 3.70. The Balaban J connectivity index is 1.51. The summed E-state index contributed by atoms with van der Waals surface area (Å²) < 4.78 is 11.8. The monoisotopic (exact) mass is 289 g/mol.